The Morgan fingerprint density at radius 1 is 1.27 bits per heavy atom. The average Bonchev–Trinajstić information content (AvgIpc) is 3.18. The summed E-state index contributed by atoms with van der Waals surface area (Å²) in [6.45, 7) is 0. The number of amides is 1. The van der Waals surface area contributed by atoms with E-state index in [1.807, 2.05) is 17.0 Å². The molecule has 0 bridgehead atoms. The van der Waals surface area contributed by atoms with E-state index in [1.165, 1.54) is 0 Å². The second-order valence-corrected chi connectivity index (χ2v) is 7.85. The highest BCUT2D eigenvalue weighted by Crippen LogP contribution is 2.42. The molecule has 3 aliphatic heterocycles. The van der Waals surface area contributed by atoms with Crippen molar-refractivity contribution in [2.24, 2.45) is 4.99 Å². The van der Waals surface area contributed by atoms with Crippen molar-refractivity contribution in [2.45, 2.75) is 30.0 Å². The number of carbonyl (C=O) groups is 1. The summed E-state index contributed by atoms with van der Waals surface area (Å²) >= 11 is 3.32. The molecule has 2 fully saturated rings. The molecule has 1 aromatic rings. The minimum Gasteiger partial charge on any atom is -0.507 e. The molecule has 0 aromatic heterocycles. The van der Waals surface area contributed by atoms with Gasteiger partial charge in [0.2, 0.25) is 5.91 Å². The van der Waals surface area contributed by atoms with Crippen molar-refractivity contribution in [2.75, 3.05) is 11.5 Å². The van der Waals surface area contributed by atoms with Crippen molar-refractivity contribution in [3.63, 3.8) is 0 Å². The quantitative estimate of drug-likeness (QED) is 0.851. The highest BCUT2D eigenvalue weighted by molar-refractivity contribution is 8.14. The van der Waals surface area contributed by atoms with Gasteiger partial charge in [0.15, 0.2) is 0 Å². The molecular formula is C15H16N2O3S2. The topological polar surface area (TPSA) is 73.1 Å². The number of aliphatic imine (C=N–C) groups is 1. The van der Waals surface area contributed by atoms with E-state index in [2.05, 4.69) is 0 Å². The molecular weight excluding hydrogens is 320 g/mol. The van der Waals surface area contributed by atoms with Gasteiger partial charge in [-0.25, -0.2) is 0 Å². The molecule has 3 aliphatic rings. The molecule has 0 aliphatic carbocycles. The van der Waals surface area contributed by atoms with Crippen LogP contribution in [0.2, 0.25) is 0 Å². The van der Waals surface area contributed by atoms with Gasteiger partial charge in [0.05, 0.1) is 24.6 Å². The molecule has 2 saturated heterocycles. The molecule has 2 N–H and O–H groups in total. The van der Waals surface area contributed by atoms with Gasteiger partial charge in [-0.2, -0.15) is 0 Å². The van der Waals surface area contributed by atoms with E-state index in [-0.39, 0.29) is 35.5 Å². The molecule has 4 rings (SSSR count). The third-order valence-corrected chi connectivity index (χ3v) is 6.85. The van der Waals surface area contributed by atoms with E-state index >= 15 is 0 Å². The summed E-state index contributed by atoms with van der Waals surface area (Å²) in [5, 5.41) is 20.7. The molecule has 0 radical (unpaired) electrons. The summed E-state index contributed by atoms with van der Waals surface area (Å²) in [6.07, 6.45) is -0.307. The van der Waals surface area contributed by atoms with Gasteiger partial charge in [-0.1, -0.05) is 12.1 Å². The van der Waals surface area contributed by atoms with E-state index in [9.17, 15) is 15.0 Å². The van der Waals surface area contributed by atoms with Crippen LogP contribution >= 0.6 is 23.5 Å². The van der Waals surface area contributed by atoms with Crippen molar-refractivity contribution in [1.82, 2.24) is 4.90 Å². The fourth-order valence-corrected chi connectivity index (χ4v) is 6.06. The maximum absolute atomic E-state index is 12.1. The first-order valence-electron chi connectivity index (χ1n) is 7.25. The zero-order valence-corrected chi connectivity index (χ0v) is 13.4. The van der Waals surface area contributed by atoms with Crippen LogP contribution in [0.15, 0.2) is 29.3 Å². The Balaban J connectivity index is 1.58. The number of para-hydroxylation sites is 1. The largest absolute Gasteiger partial charge is 0.507 e. The van der Waals surface area contributed by atoms with Gasteiger partial charge in [0.1, 0.15) is 16.2 Å². The maximum Gasteiger partial charge on any atom is 0.226 e. The van der Waals surface area contributed by atoms with Crippen LogP contribution < -0.4 is 0 Å². The molecule has 3 heterocycles. The van der Waals surface area contributed by atoms with E-state index in [4.69, 9.17) is 4.99 Å². The monoisotopic (exact) mass is 336 g/mol. The van der Waals surface area contributed by atoms with E-state index in [1.54, 1.807) is 35.7 Å². The number of nitrogens with zero attached hydrogens (tertiary/aromatic N) is 2. The Labute approximate surface area is 136 Å². The van der Waals surface area contributed by atoms with Crippen molar-refractivity contribution in [3.8, 4) is 5.75 Å². The molecule has 22 heavy (non-hydrogen) atoms. The zero-order valence-electron chi connectivity index (χ0n) is 11.8. The molecule has 5 nitrogen and oxygen atoms in total. The van der Waals surface area contributed by atoms with E-state index in [0.717, 1.165) is 22.1 Å². The number of hydrogen-bond acceptors (Lipinski definition) is 6. The van der Waals surface area contributed by atoms with Gasteiger partial charge in [0, 0.05) is 17.1 Å². The lowest BCUT2D eigenvalue weighted by atomic mass is 10.2. The summed E-state index contributed by atoms with van der Waals surface area (Å²) < 4.78 is 0. The Morgan fingerprint density at radius 2 is 2.09 bits per heavy atom. The van der Waals surface area contributed by atoms with Gasteiger partial charge < -0.3 is 15.1 Å². The van der Waals surface area contributed by atoms with Crippen LogP contribution in [0.25, 0.3) is 0 Å². The van der Waals surface area contributed by atoms with Crippen LogP contribution in [0.4, 0.5) is 0 Å². The van der Waals surface area contributed by atoms with Crippen LogP contribution in [-0.2, 0) is 4.79 Å². The first-order chi connectivity index (χ1) is 10.6. The number of phenols is 1. The second kappa shape index (κ2) is 5.47. The lowest BCUT2D eigenvalue weighted by Crippen LogP contribution is -2.42. The van der Waals surface area contributed by atoms with E-state index in [0.29, 0.717) is 0 Å². The van der Waals surface area contributed by atoms with Crippen LogP contribution in [0.3, 0.4) is 0 Å². The molecule has 0 spiro atoms. The molecule has 116 valence electrons. The van der Waals surface area contributed by atoms with Crippen molar-refractivity contribution in [1.29, 1.82) is 0 Å². The third-order valence-electron chi connectivity index (χ3n) is 4.32. The number of aliphatic hydroxyl groups is 1. The number of aliphatic hydroxyl groups excluding tert-OH is 1. The molecule has 4 atom stereocenters. The number of carbonyl (C=O) groups excluding carboxylic acids is 1. The molecule has 7 heteroatoms. The smallest absolute Gasteiger partial charge is 0.226 e. The molecule has 1 amide bonds. The van der Waals surface area contributed by atoms with Crippen LogP contribution in [-0.4, -0.2) is 61.1 Å². The first kappa shape index (κ1) is 14.4. The first-order valence-corrected chi connectivity index (χ1v) is 9.28. The number of thioether (sulfide) groups is 2. The number of phenolic OH excluding ortho intramolecular Hbond substituents is 1. The maximum atomic E-state index is 12.1. The lowest BCUT2D eigenvalue weighted by molar-refractivity contribution is -0.129. The van der Waals surface area contributed by atoms with Gasteiger partial charge in [-0.3, -0.25) is 9.79 Å². The Kier molecular flexibility index (Phi) is 3.58. The normalized spacial score (nSPS) is 34.1. The molecule has 1 aromatic carbocycles. The number of fused-ring (bicyclic) bond motifs is 1. The standard InChI is InChI=1S/C15H16N2O3S2/c18-11-4-2-1-3-8(11)14-16-9(6-21-14)15-17-10(7-22-15)12(19)5-13(17)20/h1-4,9-10,12,15,18-19H,5-7H2/t9-,10+,12+,15+/m1/s1. The summed E-state index contributed by atoms with van der Waals surface area (Å²) in [6, 6.07) is 7.15. The summed E-state index contributed by atoms with van der Waals surface area (Å²) in [4.78, 5) is 18.7. The Hall–Kier alpha value is -1.18. The fraction of sp³-hybridized carbons (Fsp3) is 0.467. The van der Waals surface area contributed by atoms with Crippen LogP contribution in [0, 0.1) is 0 Å². The number of benzene rings is 1. The number of hydrogen-bond donors (Lipinski definition) is 2. The zero-order chi connectivity index (χ0) is 15.3. The van der Waals surface area contributed by atoms with Gasteiger partial charge in [0.25, 0.3) is 0 Å². The van der Waals surface area contributed by atoms with Gasteiger partial charge in [-0.15, -0.1) is 23.5 Å². The van der Waals surface area contributed by atoms with E-state index < -0.39 is 6.10 Å². The van der Waals surface area contributed by atoms with Crippen LogP contribution in [0.1, 0.15) is 12.0 Å². The third kappa shape index (κ3) is 2.23. The molecule has 0 saturated carbocycles. The van der Waals surface area contributed by atoms with Crippen molar-refractivity contribution >= 4 is 34.5 Å². The number of rotatable bonds is 2. The SMILES string of the molecule is O=C1C[C@H](O)[C@@H]2CS[C@@H]([C@H]3CSC(c4ccccc4O)=N3)N12. The van der Waals surface area contributed by atoms with Gasteiger partial charge in [-0.05, 0) is 12.1 Å². The summed E-state index contributed by atoms with van der Waals surface area (Å²) in [7, 11) is 0. The minimum atomic E-state index is -0.541. The average molecular weight is 336 g/mol. The number of aromatic hydroxyl groups is 1. The van der Waals surface area contributed by atoms with Crippen molar-refractivity contribution < 1.29 is 15.0 Å². The minimum absolute atomic E-state index is 0.00510. The second-order valence-electron chi connectivity index (χ2n) is 5.69. The Morgan fingerprint density at radius 3 is 2.91 bits per heavy atom. The fourth-order valence-electron chi connectivity index (χ4n) is 3.22. The van der Waals surface area contributed by atoms with Gasteiger partial charge >= 0.3 is 0 Å². The summed E-state index contributed by atoms with van der Waals surface area (Å²) in [5.74, 6) is 1.84. The van der Waals surface area contributed by atoms with Crippen molar-refractivity contribution in [3.05, 3.63) is 29.8 Å². The Bertz CT molecular complexity index is 651. The highest BCUT2D eigenvalue weighted by atomic mass is 32.2. The summed E-state index contributed by atoms with van der Waals surface area (Å²) in [5.41, 5.74) is 0.752. The molecule has 0 unspecified atom stereocenters. The lowest BCUT2D eigenvalue weighted by Gasteiger charge is -2.26. The predicted molar refractivity (Wildman–Crippen MR) is 88.4 cm³/mol. The highest BCUT2D eigenvalue weighted by Gasteiger charge is 2.50. The van der Waals surface area contributed by atoms with Crippen LogP contribution in [0.5, 0.6) is 5.75 Å². The predicted octanol–water partition coefficient (Wildman–Crippen LogP) is 1.29.